The Hall–Kier alpha value is -0.294. The molecule has 0 aromatic heterocycles. The summed E-state index contributed by atoms with van der Waals surface area (Å²) < 4.78 is 0. The molecule has 5 heteroatoms. The van der Waals surface area contributed by atoms with Crippen molar-refractivity contribution in [3.63, 3.8) is 0 Å². The third-order valence-electron chi connectivity index (χ3n) is 4.92. The largest absolute Gasteiger partial charge is 2.00 e. The summed E-state index contributed by atoms with van der Waals surface area (Å²) in [5, 5.41) is 0. The normalized spacial score (nSPS) is 15.5. The second-order valence-electron chi connectivity index (χ2n) is 7.06. The fourth-order valence-electron chi connectivity index (χ4n) is 1.93. The predicted octanol–water partition coefficient (Wildman–Crippen LogP) is 5.24. The van der Waals surface area contributed by atoms with Gasteiger partial charge in [0.25, 0.3) is 0 Å². The molecule has 0 saturated heterocycles. The standard InChI is InChI=1S/2C11H23N2.Mg/c2*1-6-10(4)12-9-13(8-3)11(5)7-2;/h2*10-11H,6-8H2,1-5H3;/q2*-1;+2. The van der Waals surface area contributed by atoms with E-state index in [9.17, 15) is 0 Å². The van der Waals surface area contributed by atoms with Gasteiger partial charge in [-0.25, -0.2) is 0 Å². The van der Waals surface area contributed by atoms with Crippen LogP contribution in [0.5, 0.6) is 0 Å². The van der Waals surface area contributed by atoms with Crippen molar-refractivity contribution < 1.29 is 0 Å². The SMILES string of the molecule is CCC(C)N=[C-]N(CC)C(C)CC.CCC(C)N=[C-]N(CC)C(C)CC.[Mg+2]. The van der Waals surface area contributed by atoms with Crippen molar-refractivity contribution in [1.29, 1.82) is 0 Å². The molecular weight excluding hydrogens is 345 g/mol. The van der Waals surface area contributed by atoms with Gasteiger partial charge in [-0.2, -0.15) is 0 Å². The van der Waals surface area contributed by atoms with Crippen molar-refractivity contribution in [3.05, 3.63) is 0 Å². The van der Waals surface area contributed by atoms with Crippen LogP contribution in [0.3, 0.4) is 0 Å². The van der Waals surface area contributed by atoms with Crippen LogP contribution in [0.1, 0.15) is 94.9 Å². The maximum atomic E-state index is 4.36. The van der Waals surface area contributed by atoms with E-state index in [1.807, 2.05) is 0 Å². The summed E-state index contributed by atoms with van der Waals surface area (Å²) in [6, 6.07) is 1.91. The predicted molar refractivity (Wildman–Crippen MR) is 124 cm³/mol. The van der Waals surface area contributed by atoms with Crippen molar-refractivity contribution in [2.24, 2.45) is 9.98 Å². The summed E-state index contributed by atoms with van der Waals surface area (Å²) in [7, 11) is 0. The minimum atomic E-state index is 0. The Labute approximate surface area is 187 Å². The molecule has 0 fully saturated rings. The van der Waals surface area contributed by atoms with Gasteiger partial charge in [-0.3, -0.25) is 12.7 Å². The first kappa shape index (κ1) is 31.4. The van der Waals surface area contributed by atoms with E-state index in [4.69, 9.17) is 0 Å². The zero-order valence-electron chi connectivity index (χ0n) is 20.0. The molecule has 0 aliphatic carbocycles. The number of nitrogens with zero attached hydrogens (tertiary/aromatic N) is 4. The summed E-state index contributed by atoms with van der Waals surface area (Å²) in [6.45, 7) is 23.6. The Kier molecular flexibility index (Phi) is 23.8. The number of hydrogen-bond acceptors (Lipinski definition) is 2. The van der Waals surface area contributed by atoms with E-state index in [1.165, 1.54) is 0 Å². The minimum Gasteiger partial charge on any atom is -0.535 e. The Balaban J connectivity index is -0.000000411. The molecule has 4 nitrogen and oxygen atoms in total. The number of rotatable bonds is 12. The first-order valence-corrected chi connectivity index (χ1v) is 10.7. The summed E-state index contributed by atoms with van der Waals surface area (Å²) in [4.78, 5) is 13.1. The molecule has 0 heterocycles. The molecule has 0 aliphatic rings. The second-order valence-corrected chi connectivity index (χ2v) is 7.06. The molecule has 0 N–H and O–H groups in total. The minimum absolute atomic E-state index is 0. The maximum Gasteiger partial charge on any atom is 2.00 e. The number of aliphatic imine (C=N–C) groups is 2. The maximum absolute atomic E-state index is 4.36. The van der Waals surface area contributed by atoms with Crippen LogP contribution in [-0.4, -0.2) is 82.8 Å². The van der Waals surface area contributed by atoms with Crippen LogP contribution in [0, 0.1) is 0 Å². The molecule has 0 aromatic carbocycles. The van der Waals surface area contributed by atoms with Crippen molar-refractivity contribution in [3.8, 4) is 0 Å². The van der Waals surface area contributed by atoms with Gasteiger partial charge in [-0.1, -0.05) is 41.5 Å². The summed E-state index contributed by atoms with van der Waals surface area (Å²) in [5.41, 5.74) is 0. The molecule has 0 radical (unpaired) electrons. The van der Waals surface area contributed by atoms with Gasteiger partial charge >= 0.3 is 23.1 Å². The number of hydrogen-bond donors (Lipinski definition) is 0. The molecule has 4 unspecified atom stereocenters. The van der Waals surface area contributed by atoms with Gasteiger partial charge in [0.2, 0.25) is 0 Å². The third kappa shape index (κ3) is 16.4. The molecule has 4 atom stereocenters. The van der Waals surface area contributed by atoms with Gasteiger partial charge in [-0.15, -0.1) is 0 Å². The van der Waals surface area contributed by atoms with Gasteiger partial charge in [0.15, 0.2) is 0 Å². The third-order valence-corrected chi connectivity index (χ3v) is 4.92. The molecule has 0 saturated carbocycles. The molecule has 0 bridgehead atoms. The van der Waals surface area contributed by atoms with Crippen molar-refractivity contribution in [2.75, 3.05) is 13.1 Å². The van der Waals surface area contributed by atoms with E-state index in [1.54, 1.807) is 0 Å². The molecule has 0 amide bonds. The van der Waals surface area contributed by atoms with Gasteiger partial charge in [0.1, 0.15) is 0 Å². The van der Waals surface area contributed by atoms with E-state index >= 15 is 0 Å². The molecule has 0 spiro atoms. The van der Waals surface area contributed by atoms with Gasteiger partial charge < -0.3 is 19.8 Å². The van der Waals surface area contributed by atoms with Gasteiger partial charge in [0.05, 0.1) is 0 Å². The van der Waals surface area contributed by atoms with Crippen molar-refractivity contribution >= 4 is 35.7 Å². The topological polar surface area (TPSA) is 31.2 Å². The fraction of sp³-hybridized carbons (Fsp3) is 0.909. The Morgan fingerprint density at radius 3 is 1.07 bits per heavy atom. The van der Waals surface area contributed by atoms with Crippen LogP contribution >= 0.6 is 0 Å². The van der Waals surface area contributed by atoms with Crippen LogP contribution in [0.25, 0.3) is 0 Å². The van der Waals surface area contributed by atoms with E-state index < -0.39 is 0 Å². The smallest absolute Gasteiger partial charge is 0.535 e. The zero-order chi connectivity index (χ0) is 20.5. The summed E-state index contributed by atoms with van der Waals surface area (Å²) in [6.07, 6.45) is 10.7. The van der Waals surface area contributed by atoms with Crippen LogP contribution in [0.2, 0.25) is 0 Å². The van der Waals surface area contributed by atoms with E-state index in [2.05, 4.69) is 102 Å². The van der Waals surface area contributed by atoms with Crippen LogP contribution in [0.4, 0.5) is 0 Å². The molecular formula is C22H46MgN4. The summed E-state index contributed by atoms with van der Waals surface area (Å²) in [5.74, 6) is 0. The average Bonchev–Trinajstić information content (AvgIpc) is 2.67. The van der Waals surface area contributed by atoms with Crippen LogP contribution in [-0.2, 0) is 0 Å². The molecule has 27 heavy (non-hydrogen) atoms. The van der Waals surface area contributed by atoms with E-state index in [0.29, 0.717) is 24.2 Å². The van der Waals surface area contributed by atoms with Gasteiger partial charge in [-0.05, 0) is 78.6 Å². The first-order valence-electron chi connectivity index (χ1n) is 10.7. The van der Waals surface area contributed by atoms with Crippen molar-refractivity contribution in [1.82, 2.24) is 9.80 Å². The Morgan fingerprint density at radius 1 is 0.593 bits per heavy atom. The monoisotopic (exact) mass is 390 g/mol. The van der Waals surface area contributed by atoms with Crippen LogP contribution in [0.15, 0.2) is 9.98 Å². The van der Waals surface area contributed by atoms with Gasteiger partial charge in [0, 0.05) is 12.1 Å². The zero-order valence-corrected chi connectivity index (χ0v) is 21.5. The molecule has 0 aromatic rings. The van der Waals surface area contributed by atoms with E-state index in [-0.39, 0.29) is 23.1 Å². The fourth-order valence-corrected chi connectivity index (χ4v) is 1.93. The Morgan fingerprint density at radius 2 is 0.889 bits per heavy atom. The molecule has 156 valence electrons. The van der Waals surface area contributed by atoms with Crippen LogP contribution < -0.4 is 0 Å². The second kappa shape index (κ2) is 20.4. The quantitative estimate of drug-likeness (QED) is 0.150. The van der Waals surface area contributed by atoms with Crippen molar-refractivity contribution in [2.45, 2.75) is 119 Å². The Bertz CT molecular complexity index is 326. The molecule has 0 rings (SSSR count). The summed E-state index contributed by atoms with van der Waals surface area (Å²) >= 11 is 0. The first-order chi connectivity index (χ1) is 12.3. The van der Waals surface area contributed by atoms with E-state index in [0.717, 1.165) is 38.8 Å². The molecule has 0 aliphatic heterocycles. The average molecular weight is 391 g/mol.